The van der Waals surface area contributed by atoms with E-state index in [9.17, 15) is 22.4 Å². The number of hydrogen-bond donors (Lipinski definition) is 1. The van der Waals surface area contributed by atoms with Crippen molar-refractivity contribution in [3.63, 3.8) is 0 Å². The third-order valence-corrected chi connectivity index (χ3v) is 4.28. The number of alkyl halides is 4. The topological polar surface area (TPSA) is 64.7 Å². The van der Waals surface area contributed by atoms with E-state index < -0.39 is 41.2 Å². The summed E-state index contributed by atoms with van der Waals surface area (Å²) >= 11 is 5.59. The first-order valence-electron chi connectivity index (χ1n) is 7.82. The molecule has 2 aromatic heterocycles. The molecule has 6 nitrogen and oxygen atoms in total. The van der Waals surface area contributed by atoms with Crippen molar-refractivity contribution in [2.75, 3.05) is 0 Å². The molecule has 0 aliphatic rings. The predicted molar refractivity (Wildman–Crippen MR) is 86.3 cm³/mol. The molecule has 0 aromatic carbocycles. The lowest BCUT2D eigenvalue weighted by atomic mass is 10.2. The summed E-state index contributed by atoms with van der Waals surface area (Å²) in [5.74, 6) is -0.657. The normalized spacial score (nSPS) is 12.8. The van der Waals surface area contributed by atoms with E-state index in [2.05, 4.69) is 15.5 Å². The number of carbonyl (C=O) groups is 1. The molecule has 0 fully saturated rings. The first-order valence-corrected chi connectivity index (χ1v) is 8.19. The fraction of sp³-hybridized carbons (Fsp3) is 0.533. The van der Waals surface area contributed by atoms with Crippen LogP contribution in [0.4, 0.5) is 17.6 Å². The van der Waals surface area contributed by atoms with Crippen molar-refractivity contribution >= 4 is 17.5 Å². The van der Waals surface area contributed by atoms with Gasteiger partial charge in [0.2, 0.25) is 5.91 Å². The van der Waals surface area contributed by atoms with E-state index in [-0.39, 0.29) is 6.54 Å². The van der Waals surface area contributed by atoms with Crippen LogP contribution < -0.4 is 5.32 Å². The van der Waals surface area contributed by atoms with E-state index in [0.29, 0.717) is 11.2 Å². The van der Waals surface area contributed by atoms with Gasteiger partial charge in [-0.05, 0) is 20.8 Å². The van der Waals surface area contributed by atoms with E-state index in [4.69, 9.17) is 11.6 Å². The van der Waals surface area contributed by atoms with Gasteiger partial charge >= 0.3 is 0 Å². The smallest absolute Gasteiger partial charge is 0.283 e. The Morgan fingerprint density at radius 3 is 2.42 bits per heavy atom. The van der Waals surface area contributed by atoms with Crippen LogP contribution in [0.2, 0.25) is 5.02 Å². The lowest BCUT2D eigenvalue weighted by Gasteiger charge is -2.15. The molecule has 1 amide bonds. The largest absolute Gasteiger partial charge is 0.350 e. The molecule has 0 saturated carbocycles. The molecular weight excluding hydrogens is 378 g/mol. The molecule has 0 aliphatic carbocycles. The summed E-state index contributed by atoms with van der Waals surface area (Å²) in [6, 6.07) is -1.24. The van der Waals surface area contributed by atoms with Crippen molar-refractivity contribution in [2.24, 2.45) is 0 Å². The maximum atomic E-state index is 13.2. The summed E-state index contributed by atoms with van der Waals surface area (Å²) in [5, 5.41) is 9.40. The highest BCUT2D eigenvalue weighted by molar-refractivity contribution is 6.32. The first kappa shape index (κ1) is 20.2. The van der Waals surface area contributed by atoms with Gasteiger partial charge in [0.1, 0.15) is 17.4 Å². The second-order valence-corrected chi connectivity index (χ2v) is 6.00. The monoisotopic (exact) mass is 395 g/mol. The van der Waals surface area contributed by atoms with Crippen molar-refractivity contribution in [2.45, 2.75) is 52.8 Å². The highest BCUT2D eigenvalue weighted by Crippen LogP contribution is 2.36. The predicted octanol–water partition coefficient (Wildman–Crippen LogP) is 3.81. The maximum absolute atomic E-state index is 13.2. The standard InChI is InChI=1S/C15H18ClF4N5O/c1-4-24-6-9(7(2)22-24)5-21-15(26)8(3)25-12(14(19)20)10(16)11(23-25)13(17)18/h6,8,13-14H,4-5H2,1-3H3,(H,21,26). The van der Waals surface area contributed by atoms with Gasteiger partial charge in [0.25, 0.3) is 12.9 Å². The summed E-state index contributed by atoms with van der Waals surface area (Å²) in [7, 11) is 0. The number of carbonyl (C=O) groups excluding carboxylic acids is 1. The number of halogens is 5. The maximum Gasteiger partial charge on any atom is 0.283 e. The Morgan fingerprint density at radius 2 is 1.92 bits per heavy atom. The van der Waals surface area contributed by atoms with Gasteiger partial charge in [0.05, 0.1) is 10.7 Å². The summed E-state index contributed by atoms with van der Waals surface area (Å²) < 4.78 is 54.4. The molecule has 26 heavy (non-hydrogen) atoms. The van der Waals surface area contributed by atoms with Crippen LogP contribution in [0.1, 0.15) is 55.4 Å². The molecule has 0 bridgehead atoms. The van der Waals surface area contributed by atoms with Gasteiger partial charge in [-0.15, -0.1) is 0 Å². The Bertz CT molecular complexity index is 789. The van der Waals surface area contributed by atoms with E-state index in [1.54, 1.807) is 17.8 Å². The van der Waals surface area contributed by atoms with Gasteiger partial charge < -0.3 is 5.32 Å². The molecule has 0 spiro atoms. The fourth-order valence-corrected chi connectivity index (χ4v) is 2.70. The number of nitrogens with zero attached hydrogens (tertiary/aromatic N) is 4. The number of amides is 1. The minimum Gasteiger partial charge on any atom is -0.350 e. The zero-order chi connectivity index (χ0) is 19.6. The molecule has 0 aliphatic heterocycles. The Morgan fingerprint density at radius 1 is 1.27 bits per heavy atom. The number of hydrogen-bond acceptors (Lipinski definition) is 3. The van der Waals surface area contributed by atoms with Crippen LogP contribution in [0.5, 0.6) is 0 Å². The van der Waals surface area contributed by atoms with Crippen LogP contribution in [-0.4, -0.2) is 25.5 Å². The summed E-state index contributed by atoms with van der Waals surface area (Å²) in [5.41, 5.74) is -0.398. The Balaban J connectivity index is 2.19. The quantitative estimate of drug-likeness (QED) is 0.725. The molecule has 2 heterocycles. The van der Waals surface area contributed by atoms with Crippen molar-refractivity contribution in [1.82, 2.24) is 24.9 Å². The van der Waals surface area contributed by atoms with E-state index in [0.717, 1.165) is 11.3 Å². The minimum absolute atomic E-state index is 0.121. The second kappa shape index (κ2) is 8.07. The first-order chi connectivity index (χ1) is 12.2. The van der Waals surface area contributed by atoms with Crippen LogP contribution in [0.15, 0.2) is 6.20 Å². The highest BCUT2D eigenvalue weighted by atomic mass is 35.5. The van der Waals surface area contributed by atoms with Crippen LogP contribution >= 0.6 is 11.6 Å². The molecular formula is C15H18ClF4N5O. The van der Waals surface area contributed by atoms with Crippen molar-refractivity contribution in [1.29, 1.82) is 0 Å². The molecule has 0 radical (unpaired) electrons. The number of nitrogens with one attached hydrogen (secondary N) is 1. The van der Waals surface area contributed by atoms with Gasteiger partial charge in [-0.3, -0.25) is 9.48 Å². The van der Waals surface area contributed by atoms with Gasteiger partial charge in [0, 0.05) is 24.8 Å². The fourth-order valence-electron chi connectivity index (χ4n) is 2.41. The van der Waals surface area contributed by atoms with Crippen molar-refractivity contribution in [3.05, 3.63) is 33.9 Å². The molecule has 1 unspecified atom stereocenters. The molecule has 1 atom stereocenters. The van der Waals surface area contributed by atoms with Gasteiger partial charge in [-0.2, -0.15) is 10.2 Å². The number of aromatic nitrogens is 4. The van der Waals surface area contributed by atoms with Crippen LogP contribution in [-0.2, 0) is 17.9 Å². The van der Waals surface area contributed by atoms with Crippen molar-refractivity contribution in [3.8, 4) is 0 Å². The lowest BCUT2D eigenvalue weighted by molar-refractivity contribution is -0.124. The lowest BCUT2D eigenvalue weighted by Crippen LogP contribution is -2.32. The Labute approximate surface area is 152 Å². The second-order valence-electron chi connectivity index (χ2n) is 5.62. The Hall–Kier alpha value is -2.10. The average Bonchev–Trinajstić information content (AvgIpc) is 3.11. The summed E-state index contributed by atoms with van der Waals surface area (Å²) in [6.07, 6.45) is -4.52. The third kappa shape index (κ3) is 4.00. The van der Waals surface area contributed by atoms with Crippen molar-refractivity contribution < 1.29 is 22.4 Å². The van der Waals surface area contributed by atoms with Crippen LogP contribution in [0.25, 0.3) is 0 Å². The molecule has 0 saturated heterocycles. The number of aryl methyl sites for hydroxylation is 2. The van der Waals surface area contributed by atoms with Crippen LogP contribution in [0.3, 0.4) is 0 Å². The van der Waals surface area contributed by atoms with Gasteiger partial charge in [-0.25, -0.2) is 22.2 Å². The van der Waals surface area contributed by atoms with Gasteiger partial charge in [0.15, 0.2) is 0 Å². The van der Waals surface area contributed by atoms with E-state index >= 15 is 0 Å². The summed E-state index contributed by atoms with van der Waals surface area (Å²) in [6.45, 7) is 5.74. The third-order valence-electron chi connectivity index (χ3n) is 3.90. The number of rotatable bonds is 7. The Kier molecular flexibility index (Phi) is 6.27. The summed E-state index contributed by atoms with van der Waals surface area (Å²) in [4.78, 5) is 12.3. The van der Waals surface area contributed by atoms with Gasteiger partial charge in [-0.1, -0.05) is 11.6 Å². The zero-order valence-electron chi connectivity index (χ0n) is 14.3. The average molecular weight is 396 g/mol. The SMILES string of the molecule is CCn1cc(CNC(=O)C(C)n2nc(C(F)F)c(Cl)c2C(F)F)c(C)n1. The highest BCUT2D eigenvalue weighted by Gasteiger charge is 2.31. The van der Waals surface area contributed by atoms with E-state index in [1.165, 1.54) is 6.92 Å². The molecule has 2 aromatic rings. The molecule has 144 valence electrons. The molecule has 2 rings (SSSR count). The minimum atomic E-state index is -3.15. The molecule has 1 N–H and O–H groups in total. The zero-order valence-corrected chi connectivity index (χ0v) is 15.1. The van der Waals surface area contributed by atoms with Crippen LogP contribution in [0, 0.1) is 6.92 Å². The molecule has 11 heteroatoms. The van der Waals surface area contributed by atoms with E-state index in [1.807, 2.05) is 6.92 Å².